The molecule has 6 heteroatoms. The Balaban J connectivity index is 1.54. The van der Waals surface area contributed by atoms with Gasteiger partial charge in [0.05, 0.1) is 12.2 Å². The standard InChI is InChI=1S/C17H21N3O2S/c21-10-9-13(12-5-2-1-3-6-12)18-11-16(22)20-17-19-14-7-4-8-15(14)23-17/h1-3,5-6,13,18,21H,4,7-11H2,(H,19,20,22). The Morgan fingerprint density at radius 1 is 1.30 bits per heavy atom. The number of fused-ring (bicyclic) bond motifs is 1. The summed E-state index contributed by atoms with van der Waals surface area (Å²) in [5.74, 6) is -0.101. The van der Waals surface area contributed by atoms with Gasteiger partial charge in [0.15, 0.2) is 5.13 Å². The lowest BCUT2D eigenvalue weighted by atomic mass is 10.0. The molecule has 1 aromatic heterocycles. The maximum Gasteiger partial charge on any atom is 0.240 e. The zero-order chi connectivity index (χ0) is 16.1. The van der Waals surface area contributed by atoms with Gasteiger partial charge in [-0.3, -0.25) is 4.79 Å². The predicted molar refractivity (Wildman–Crippen MR) is 91.7 cm³/mol. The van der Waals surface area contributed by atoms with Crippen LogP contribution < -0.4 is 10.6 Å². The van der Waals surface area contributed by atoms with Gasteiger partial charge in [0, 0.05) is 17.5 Å². The molecule has 23 heavy (non-hydrogen) atoms. The number of aromatic nitrogens is 1. The Kier molecular flexibility index (Phi) is 5.38. The summed E-state index contributed by atoms with van der Waals surface area (Å²) in [5.41, 5.74) is 2.21. The van der Waals surface area contributed by atoms with Gasteiger partial charge in [0.1, 0.15) is 0 Å². The number of carbonyl (C=O) groups excluding carboxylic acids is 1. The van der Waals surface area contributed by atoms with E-state index in [1.165, 1.54) is 11.3 Å². The topological polar surface area (TPSA) is 74.2 Å². The number of nitrogens with zero attached hydrogens (tertiary/aromatic N) is 1. The number of thiazole rings is 1. The minimum atomic E-state index is -0.101. The number of nitrogens with one attached hydrogen (secondary N) is 2. The third-order valence-electron chi connectivity index (χ3n) is 3.97. The molecule has 3 N–H and O–H groups in total. The van der Waals surface area contributed by atoms with Crippen LogP contribution in [0.2, 0.25) is 0 Å². The number of benzene rings is 1. The Labute approximate surface area is 139 Å². The molecule has 0 saturated carbocycles. The van der Waals surface area contributed by atoms with Crippen molar-refractivity contribution in [2.24, 2.45) is 0 Å². The van der Waals surface area contributed by atoms with Gasteiger partial charge in [-0.1, -0.05) is 30.3 Å². The van der Waals surface area contributed by atoms with Gasteiger partial charge in [-0.15, -0.1) is 11.3 Å². The van der Waals surface area contributed by atoms with Gasteiger partial charge in [-0.25, -0.2) is 4.98 Å². The molecular formula is C17H21N3O2S. The first-order valence-corrected chi connectivity index (χ1v) is 8.75. The van der Waals surface area contributed by atoms with Crippen LogP contribution >= 0.6 is 11.3 Å². The highest BCUT2D eigenvalue weighted by Crippen LogP contribution is 2.30. The normalized spacial score (nSPS) is 14.5. The number of hydrogen-bond donors (Lipinski definition) is 3. The molecule has 0 radical (unpaired) electrons. The Morgan fingerprint density at radius 3 is 2.87 bits per heavy atom. The van der Waals surface area contributed by atoms with Crippen LogP contribution in [0.15, 0.2) is 30.3 Å². The van der Waals surface area contributed by atoms with Crippen molar-refractivity contribution in [2.45, 2.75) is 31.7 Å². The second-order valence-electron chi connectivity index (χ2n) is 5.65. The van der Waals surface area contributed by atoms with E-state index >= 15 is 0 Å². The van der Waals surface area contributed by atoms with Crippen LogP contribution in [0.1, 0.15) is 35.0 Å². The molecule has 1 aliphatic rings. The van der Waals surface area contributed by atoms with Crippen molar-refractivity contribution in [3.05, 3.63) is 46.5 Å². The fourth-order valence-electron chi connectivity index (χ4n) is 2.82. The zero-order valence-corrected chi connectivity index (χ0v) is 13.7. The average molecular weight is 331 g/mol. The van der Waals surface area contributed by atoms with Crippen molar-refractivity contribution >= 4 is 22.4 Å². The molecule has 1 amide bonds. The number of aliphatic hydroxyl groups is 1. The van der Waals surface area contributed by atoms with Crippen LogP contribution in [0.3, 0.4) is 0 Å². The number of amides is 1. The number of aliphatic hydroxyl groups excluding tert-OH is 1. The third-order valence-corrected chi connectivity index (χ3v) is 5.04. The fourth-order valence-corrected chi connectivity index (χ4v) is 3.89. The Hall–Kier alpha value is -1.76. The molecule has 1 aromatic carbocycles. The van der Waals surface area contributed by atoms with E-state index in [1.807, 2.05) is 30.3 Å². The molecule has 1 atom stereocenters. The van der Waals surface area contributed by atoms with Crippen molar-refractivity contribution in [2.75, 3.05) is 18.5 Å². The second-order valence-corrected chi connectivity index (χ2v) is 6.73. The largest absolute Gasteiger partial charge is 0.396 e. The van der Waals surface area contributed by atoms with E-state index in [1.54, 1.807) is 11.3 Å². The van der Waals surface area contributed by atoms with E-state index in [9.17, 15) is 9.90 Å². The van der Waals surface area contributed by atoms with Gasteiger partial charge in [-0.2, -0.15) is 0 Å². The molecule has 0 aliphatic heterocycles. The van der Waals surface area contributed by atoms with Crippen molar-refractivity contribution in [3.8, 4) is 0 Å². The molecule has 1 aliphatic carbocycles. The third kappa shape index (κ3) is 4.16. The fraction of sp³-hybridized carbons (Fsp3) is 0.412. The minimum absolute atomic E-state index is 0.0340. The zero-order valence-electron chi connectivity index (χ0n) is 12.9. The van der Waals surface area contributed by atoms with E-state index in [-0.39, 0.29) is 25.1 Å². The summed E-state index contributed by atoms with van der Waals surface area (Å²) < 4.78 is 0. The van der Waals surface area contributed by atoms with Crippen LogP contribution in [0.5, 0.6) is 0 Å². The van der Waals surface area contributed by atoms with Gasteiger partial charge < -0.3 is 15.7 Å². The maximum absolute atomic E-state index is 12.1. The lowest BCUT2D eigenvalue weighted by Gasteiger charge is -2.17. The predicted octanol–water partition coefficient (Wildman–Crippen LogP) is 2.28. The molecule has 2 aromatic rings. The number of hydrogen-bond acceptors (Lipinski definition) is 5. The van der Waals surface area contributed by atoms with Gasteiger partial charge in [-0.05, 0) is 31.2 Å². The lowest BCUT2D eigenvalue weighted by molar-refractivity contribution is -0.115. The summed E-state index contributed by atoms with van der Waals surface area (Å²) in [6, 6.07) is 9.83. The quantitative estimate of drug-likeness (QED) is 0.728. The molecule has 1 unspecified atom stereocenters. The van der Waals surface area contributed by atoms with E-state index < -0.39 is 0 Å². The SMILES string of the molecule is O=C(CNC(CCO)c1ccccc1)Nc1nc2c(s1)CCC2. The Morgan fingerprint density at radius 2 is 2.13 bits per heavy atom. The summed E-state index contributed by atoms with van der Waals surface area (Å²) in [5, 5.41) is 16.0. The summed E-state index contributed by atoms with van der Waals surface area (Å²) in [7, 11) is 0. The highest BCUT2D eigenvalue weighted by atomic mass is 32.1. The van der Waals surface area contributed by atoms with E-state index in [0.717, 1.165) is 24.1 Å². The number of rotatable bonds is 7. The number of carbonyl (C=O) groups is 1. The van der Waals surface area contributed by atoms with Crippen LogP contribution in [-0.2, 0) is 17.6 Å². The Bertz CT molecular complexity index is 636. The molecule has 0 fully saturated rings. The smallest absolute Gasteiger partial charge is 0.240 e. The first-order chi connectivity index (χ1) is 11.3. The van der Waals surface area contributed by atoms with Gasteiger partial charge in [0.2, 0.25) is 5.91 Å². The molecule has 3 rings (SSSR count). The highest BCUT2D eigenvalue weighted by Gasteiger charge is 2.18. The van der Waals surface area contributed by atoms with E-state index in [2.05, 4.69) is 15.6 Å². The van der Waals surface area contributed by atoms with Crippen LogP contribution in [-0.4, -0.2) is 29.1 Å². The molecule has 0 bridgehead atoms. The first-order valence-electron chi connectivity index (χ1n) is 7.94. The summed E-state index contributed by atoms with van der Waals surface area (Å²) in [6.45, 7) is 0.275. The first kappa shape index (κ1) is 16.1. The van der Waals surface area contributed by atoms with Crippen LogP contribution in [0, 0.1) is 0 Å². The van der Waals surface area contributed by atoms with Crippen molar-refractivity contribution in [1.82, 2.24) is 10.3 Å². The lowest BCUT2D eigenvalue weighted by Crippen LogP contribution is -2.31. The van der Waals surface area contributed by atoms with E-state index in [0.29, 0.717) is 11.6 Å². The molecule has 1 heterocycles. The maximum atomic E-state index is 12.1. The molecular weight excluding hydrogens is 310 g/mol. The highest BCUT2D eigenvalue weighted by molar-refractivity contribution is 7.15. The van der Waals surface area contributed by atoms with Crippen LogP contribution in [0.25, 0.3) is 0 Å². The number of anilines is 1. The minimum Gasteiger partial charge on any atom is -0.396 e. The van der Waals surface area contributed by atoms with Crippen molar-refractivity contribution < 1.29 is 9.90 Å². The summed E-state index contributed by atoms with van der Waals surface area (Å²) >= 11 is 1.58. The number of aryl methyl sites for hydroxylation is 2. The van der Waals surface area contributed by atoms with Crippen molar-refractivity contribution in [1.29, 1.82) is 0 Å². The van der Waals surface area contributed by atoms with Gasteiger partial charge >= 0.3 is 0 Å². The average Bonchev–Trinajstić information content (AvgIpc) is 3.13. The monoisotopic (exact) mass is 331 g/mol. The summed E-state index contributed by atoms with van der Waals surface area (Å²) in [4.78, 5) is 17.9. The van der Waals surface area contributed by atoms with Gasteiger partial charge in [0.25, 0.3) is 0 Å². The van der Waals surface area contributed by atoms with Crippen LogP contribution in [0.4, 0.5) is 5.13 Å². The molecule has 122 valence electrons. The molecule has 0 spiro atoms. The molecule has 0 saturated heterocycles. The second kappa shape index (κ2) is 7.68. The van der Waals surface area contributed by atoms with E-state index in [4.69, 9.17) is 0 Å². The molecule has 5 nitrogen and oxygen atoms in total. The summed E-state index contributed by atoms with van der Waals surface area (Å²) in [6.07, 6.45) is 3.84. The van der Waals surface area contributed by atoms with Crippen molar-refractivity contribution in [3.63, 3.8) is 0 Å².